The minimum absolute atomic E-state index is 0.0713. The Kier molecular flexibility index (Phi) is 2.16. The fraction of sp³-hybridized carbons (Fsp3) is 1.00. The van der Waals surface area contributed by atoms with E-state index in [1.165, 1.54) is 12.8 Å². The van der Waals surface area contributed by atoms with E-state index in [2.05, 4.69) is 6.92 Å². The van der Waals surface area contributed by atoms with E-state index in [1.54, 1.807) is 7.11 Å². The average Bonchev–Trinajstić information content (AvgIpc) is 2.01. The molecule has 2 bridgehead atoms. The third-order valence-electron chi connectivity index (χ3n) is 3.84. The molecule has 13 heavy (non-hydrogen) atoms. The quantitative estimate of drug-likeness (QED) is 0.676. The van der Waals surface area contributed by atoms with Crippen molar-refractivity contribution in [3.05, 3.63) is 0 Å². The maximum Gasteiger partial charge on any atom is 0.0680 e. The molecule has 2 rings (SSSR count). The SMILES string of the molecule is COC1(C)CC2CCCC(O)(C2)C1. The number of hydrogen-bond acceptors (Lipinski definition) is 2. The van der Waals surface area contributed by atoms with Crippen LogP contribution >= 0.6 is 0 Å². The van der Waals surface area contributed by atoms with Crippen molar-refractivity contribution >= 4 is 0 Å². The summed E-state index contributed by atoms with van der Waals surface area (Å²) < 4.78 is 5.52. The molecule has 0 aliphatic heterocycles. The minimum atomic E-state index is -0.411. The van der Waals surface area contributed by atoms with E-state index in [4.69, 9.17) is 4.74 Å². The molecule has 0 aromatic rings. The summed E-state index contributed by atoms with van der Waals surface area (Å²) in [6.45, 7) is 2.13. The predicted molar refractivity (Wildman–Crippen MR) is 51.6 cm³/mol. The number of fused-ring (bicyclic) bond motifs is 2. The summed E-state index contributed by atoms with van der Waals surface area (Å²) in [7, 11) is 1.77. The maximum atomic E-state index is 10.3. The van der Waals surface area contributed by atoms with Gasteiger partial charge in [-0.1, -0.05) is 12.8 Å². The Morgan fingerprint density at radius 1 is 1.38 bits per heavy atom. The highest BCUT2D eigenvalue weighted by Gasteiger charge is 2.47. The van der Waals surface area contributed by atoms with Crippen LogP contribution in [0.2, 0.25) is 0 Å². The first-order valence-corrected chi connectivity index (χ1v) is 5.33. The molecule has 2 aliphatic rings. The molecule has 2 fully saturated rings. The molecule has 0 heterocycles. The van der Waals surface area contributed by atoms with Gasteiger partial charge in [0, 0.05) is 13.5 Å². The Morgan fingerprint density at radius 2 is 2.15 bits per heavy atom. The third kappa shape index (κ3) is 1.75. The summed E-state index contributed by atoms with van der Waals surface area (Å²) in [6, 6.07) is 0. The van der Waals surface area contributed by atoms with Gasteiger partial charge in [0.15, 0.2) is 0 Å². The summed E-state index contributed by atoms with van der Waals surface area (Å²) in [4.78, 5) is 0. The minimum Gasteiger partial charge on any atom is -0.390 e. The Labute approximate surface area is 80.3 Å². The molecule has 0 saturated heterocycles. The van der Waals surface area contributed by atoms with Crippen molar-refractivity contribution in [2.75, 3.05) is 7.11 Å². The lowest BCUT2D eigenvalue weighted by molar-refractivity contribution is -0.145. The van der Waals surface area contributed by atoms with Crippen molar-refractivity contribution in [2.24, 2.45) is 5.92 Å². The number of methoxy groups -OCH3 is 1. The van der Waals surface area contributed by atoms with Crippen molar-refractivity contribution in [3.63, 3.8) is 0 Å². The van der Waals surface area contributed by atoms with Gasteiger partial charge in [-0.2, -0.15) is 0 Å². The van der Waals surface area contributed by atoms with Gasteiger partial charge in [0.1, 0.15) is 0 Å². The molecule has 76 valence electrons. The Bertz CT molecular complexity index is 202. The van der Waals surface area contributed by atoms with E-state index < -0.39 is 5.60 Å². The Balaban J connectivity index is 2.15. The van der Waals surface area contributed by atoms with Crippen LogP contribution in [-0.4, -0.2) is 23.4 Å². The van der Waals surface area contributed by atoms with E-state index in [0.717, 1.165) is 25.7 Å². The lowest BCUT2D eigenvalue weighted by Gasteiger charge is -2.49. The molecule has 0 aromatic heterocycles. The number of aliphatic hydroxyl groups is 1. The van der Waals surface area contributed by atoms with Crippen LogP contribution in [0.5, 0.6) is 0 Å². The second-order valence-electron chi connectivity index (χ2n) is 5.22. The first-order valence-electron chi connectivity index (χ1n) is 5.33. The van der Waals surface area contributed by atoms with Crippen LogP contribution in [0.25, 0.3) is 0 Å². The van der Waals surface area contributed by atoms with Gasteiger partial charge in [-0.05, 0) is 32.1 Å². The van der Waals surface area contributed by atoms with Gasteiger partial charge in [0.05, 0.1) is 11.2 Å². The van der Waals surface area contributed by atoms with Gasteiger partial charge in [-0.25, -0.2) is 0 Å². The standard InChI is InChI=1S/C11H20O2/c1-10(13-2)6-9-4-3-5-11(12,7-9)8-10/h9,12H,3-8H2,1-2H3. The van der Waals surface area contributed by atoms with Crippen molar-refractivity contribution < 1.29 is 9.84 Å². The smallest absolute Gasteiger partial charge is 0.0680 e. The van der Waals surface area contributed by atoms with Crippen LogP contribution < -0.4 is 0 Å². The lowest BCUT2D eigenvalue weighted by Crippen LogP contribution is -2.50. The van der Waals surface area contributed by atoms with Crippen molar-refractivity contribution in [3.8, 4) is 0 Å². The van der Waals surface area contributed by atoms with E-state index in [-0.39, 0.29) is 5.60 Å². The molecule has 2 heteroatoms. The molecule has 0 amide bonds. The first-order chi connectivity index (χ1) is 6.05. The molecular formula is C11H20O2. The first kappa shape index (κ1) is 9.47. The fourth-order valence-corrected chi connectivity index (χ4v) is 3.33. The lowest BCUT2D eigenvalue weighted by atomic mass is 9.64. The van der Waals surface area contributed by atoms with Crippen LogP contribution in [0.3, 0.4) is 0 Å². The zero-order valence-corrected chi connectivity index (χ0v) is 8.68. The summed E-state index contributed by atoms with van der Waals surface area (Å²) in [5, 5.41) is 10.3. The van der Waals surface area contributed by atoms with Gasteiger partial charge < -0.3 is 9.84 Å². The molecule has 2 saturated carbocycles. The summed E-state index contributed by atoms with van der Waals surface area (Å²) in [6.07, 6.45) is 6.41. The molecular weight excluding hydrogens is 164 g/mol. The topological polar surface area (TPSA) is 29.5 Å². The summed E-state index contributed by atoms with van der Waals surface area (Å²) >= 11 is 0. The Morgan fingerprint density at radius 3 is 2.77 bits per heavy atom. The van der Waals surface area contributed by atoms with E-state index in [1.807, 2.05) is 0 Å². The van der Waals surface area contributed by atoms with Gasteiger partial charge in [0.25, 0.3) is 0 Å². The highest BCUT2D eigenvalue weighted by Crippen LogP contribution is 2.47. The molecule has 0 radical (unpaired) electrons. The largest absolute Gasteiger partial charge is 0.390 e. The van der Waals surface area contributed by atoms with E-state index in [0.29, 0.717) is 5.92 Å². The van der Waals surface area contributed by atoms with E-state index in [9.17, 15) is 5.11 Å². The fourth-order valence-electron chi connectivity index (χ4n) is 3.33. The molecule has 0 spiro atoms. The van der Waals surface area contributed by atoms with Crippen LogP contribution in [0.15, 0.2) is 0 Å². The third-order valence-corrected chi connectivity index (χ3v) is 3.84. The van der Waals surface area contributed by atoms with Crippen LogP contribution in [0.1, 0.15) is 45.4 Å². The second kappa shape index (κ2) is 2.96. The number of rotatable bonds is 1. The molecule has 2 nitrogen and oxygen atoms in total. The molecule has 3 unspecified atom stereocenters. The molecule has 1 N–H and O–H groups in total. The van der Waals surface area contributed by atoms with Crippen LogP contribution in [-0.2, 0) is 4.74 Å². The predicted octanol–water partition coefficient (Wildman–Crippen LogP) is 2.11. The van der Waals surface area contributed by atoms with Gasteiger partial charge >= 0.3 is 0 Å². The monoisotopic (exact) mass is 184 g/mol. The average molecular weight is 184 g/mol. The molecule has 3 atom stereocenters. The van der Waals surface area contributed by atoms with Crippen LogP contribution in [0.4, 0.5) is 0 Å². The van der Waals surface area contributed by atoms with Crippen molar-refractivity contribution in [2.45, 2.75) is 56.7 Å². The normalized spacial score (nSPS) is 50.5. The Hall–Kier alpha value is -0.0800. The zero-order chi connectivity index (χ0) is 9.53. The second-order valence-corrected chi connectivity index (χ2v) is 5.22. The summed E-state index contributed by atoms with van der Waals surface area (Å²) in [5.74, 6) is 0.692. The number of ether oxygens (including phenoxy) is 1. The van der Waals surface area contributed by atoms with Crippen molar-refractivity contribution in [1.82, 2.24) is 0 Å². The molecule has 0 aromatic carbocycles. The van der Waals surface area contributed by atoms with E-state index >= 15 is 0 Å². The highest BCUT2D eigenvalue weighted by atomic mass is 16.5. The number of hydrogen-bond donors (Lipinski definition) is 1. The molecule has 2 aliphatic carbocycles. The zero-order valence-electron chi connectivity index (χ0n) is 8.68. The van der Waals surface area contributed by atoms with Gasteiger partial charge in [-0.3, -0.25) is 0 Å². The highest BCUT2D eigenvalue weighted by molar-refractivity contribution is 4.99. The maximum absolute atomic E-state index is 10.3. The van der Waals surface area contributed by atoms with Gasteiger partial charge in [0.2, 0.25) is 0 Å². The summed E-state index contributed by atoms with van der Waals surface area (Å²) in [5.41, 5.74) is -0.482. The van der Waals surface area contributed by atoms with Gasteiger partial charge in [-0.15, -0.1) is 0 Å². The van der Waals surface area contributed by atoms with Crippen molar-refractivity contribution in [1.29, 1.82) is 0 Å². The van der Waals surface area contributed by atoms with Crippen LogP contribution in [0, 0.1) is 5.92 Å².